The largest absolute Gasteiger partial charge is 0.508 e. The molecular formula is C12H19NO2. The van der Waals surface area contributed by atoms with Crippen LogP contribution in [-0.4, -0.2) is 24.8 Å². The van der Waals surface area contributed by atoms with Gasteiger partial charge in [0.25, 0.3) is 0 Å². The van der Waals surface area contributed by atoms with Crippen LogP contribution in [0.1, 0.15) is 19.4 Å². The summed E-state index contributed by atoms with van der Waals surface area (Å²) in [6.07, 6.45) is 0.854. The van der Waals surface area contributed by atoms with Gasteiger partial charge in [-0.2, -0.15) is 0 Å². The van der Waals surface area contributed by atoms with E-state index in [-0.39, 0.29) is 11.3 Å². The Balaban J connectivity index is 2.94. The van der Waals surface area contributed by atoms with Crippen molar-refractivity contribution in [1.29, 1.82) is 0 Å². The SMILES string of the molecule is CNC(C)(C)Cc1ccc(O)cc1OC. The lowest BCUT2D eigenvalue weighted by atomic mass is 9.94. The first kappa shape index (κ1) is 11.9. The van der Waals surface area contributed by atoms with Gasteiger partial charge in [0.1, 0.15) is 11.5 Å². The Kier molecular flexibility index (Phi) is 3.58. The van der Waals surface area contributed by atoms with Crippen LogP contribution < -0.4 is 10.1 Å². The molecule has 0 bridgehead atoms. The van der Waals surface area contributed by atoms with Crippen molar-refractivity contribution in [2.24, 2.45) is 0 Å². The molecule has 2 N–H and O–H groups in total. The van der Waals surface area contributed by atoms with E-state index in [1.165, 1.54) is 0 Å². The number of ether oxygens (including phenoxy) is 1. The van der Waals surface area contributed by atoms with E-state index in [1.54, 1.807) is 19.2 Å². The Labute approximate surface area is 91.1 Å². The fourth-order valence-corrected chi connectivity index (χ4v) is 1.44. The average molecular weight is 209 g/mol. The highest BCUT2D eigenvalue weighted by Gasteiger charge is 2.17. The molecule has 0 aromatic heterocycles. The Morgan fingerprint density at radius 1 is 1.40 bits per heavy atom. The van der Waals surface area contributed by atoms with E-state index >= 15 is 0 Å². The van der Waals surface area contributed by atoms with Crippen LogP contribution in [-0.2, 0) is 6.42 Å². The van der Waals surface area contributed by atoms with E-state index in [2.05, 4.69) is 19.2 Å². The van der Waals surface area contributed by atoms with E-state index in [1.807, 2.05) is 13.1 Å². The second-order valence-electron chi connectivity index (χ2n) is 4.31. The first-order chi connectivity index (χ1) is 6.98. The Bertz CT molecular complexity index is 334. The summed E-state index contributed by atoms with van der Waals surface area (Å²) < 4.78 is 5.23. The molecule has 84 valence electrons. The van der Waals surface area contributed by atoms with Crippen molar-refractivity contribution in [3.8, 4) is 11.5 Å². The summed E-state index contributed by atoms with van der Waals surface area (Å²) in [5.41, 5.74) is 1.11. The lowest BCUT2D eigenvalue weighted by molar-refractivity contribution is 0.382. The van der Waals surface area contributed by atoms with Crippen molar-refractivity contribution in [3.63, 3.8) is 0 Å². The number of nitrogens with one attached hydrogen (secondary N) is 1. The number of phenols is 1. The van der Waals surface area contributed by atoms with E-state index in [9.17, 15) is 5.11 Å². The predicted octanol–water partition coefficient (Wildman–Crippen LogP) is 1.94. The molecule has 15 heavy (non-hydrogen) atoms. The smallest absolute Gasteiger partial charge is 0.125 e. The topological polar surface area (TPSA) is 41.5 Å². The number of hydrogen-bond acceptors (Lipinski definition) is 3. The van der Waals surface area contributed by atoms with Gasteiger partial charge in [-0.3, -0.25) is 0 Å². The highest BCUT2D eigenvalue weighted by atomic mass is 16.5. The second-order valence-corrected chi connectivity index (χ2v) is 4.31. The van der Waals surface area contributed by atoms with Gasteiger partial charge < -0.3 is 15.2 Å². The molecule has 0 fully saturated rings. The second kappa shape index (κ2) is 4.53. The molecule has 0 saturated carbocycles. The van der Waals surface area contributed by atoms with E-state index in [0.29, 0.717) is 0 Å². The van der Waals surface area contributed by atoms with Crippen molar-refractivity contribution >= 4 is 0 Å². The minimum absolute atomic E-state index is 0.0181. The highest BCUT2D eigenvalue weighted by molar-refractivity contribution is 5.40. The molecular weight excluding hydrogens is 190 g/mol. The lowest BCUT2D eigenvalue weighted by Crippen LogP contribution is -2.38. The van der Waals surface area contributed by atoms with E-state index in [0.717, 1.165) is 17.7 Å². The molecule has 0 aliphatic carbocycles. The minimum Gasteiger partial charge on any atom is -0.508 e. The van der Waals surface area contributed by atoms with Crippen molar-refractivity contribution in [1.82, 2.24) is 5.32 Å². The maximum atomic E-state index is 9.33. The molecule has 1 aromatic rings. The fourth-order valence-electron chi connectivity index (χ4n) is 1.44. The normalized spacial score (nSPS) is 11.5. The molecule has 0 amide bonds. The van der Waals surface area contributed by atoms with Crippen LogP contribution in [0.3, 0.4) is 0 Å². The Morgan fingerprint density at radius 3 is 2.60 bits per heavy atom. The first-order valence-electron chi connectivity index (χ1n) is 5.03. The van der Waals surface area contributed by atoms with Gasteiger partial charge in [0.2, 0.25) is 0 Å². The lowest BCUT2D eigenvalue weighted by Gasteiger charge is -2.25. The molecule has 0 aliphatic heterocycles. The highest BCUT2D eigenvalue weighted by Crippen LogP contribution is 2.26. The molecule has 0 spiro atoms. The summed E-state index contributed by atoms with van der Waals surface area (Å²) >= 11 is 0. The summed E-state index contributed by atoms with van der Waals surface area (Å²) in [6, 6.07) is 5.22. The summed E-state index contributed by atoms with van der Waals surface area (Å²) in [7, 11) is 3.55. The van der Waals surface area contributed by atoms with Gasteiger partial charge in [-0.1, -0.05) is 6.07 Å². The van der Waals surface area contributed by atoms with Crippen LogP contribution in [0.4, 0.5) is 0 Å². The van der Waals surface area contributed by atoms with Gasteiger partial charge in [-0.05, 0) is 38.9 Å². The molecule has 3 nitrogen and oxygen atoms in total. The third-order valence-electron chi connectivity index (χ3n) is 2.58. The number of phenolic OH excluding ortho intramolecular Hbond substituents is 1. The van der Waals surface area contributed by atoms with Gasteiger partial charge in [0.05, 0.1) is 7.11 Å². The molecule has 3 heteroatoms. The van der Waals surface area contributed by atoms with Crippen LogP contribution >= 0.6 is 0 Å². The average Bonchev–Trinajstić information content (AvgIpc) is 2.20. The molecule has 0 heterocycles. The van der Waals surface area contributed by atoms with Crippen molar-refractivity contribution in [3.05, 3.63) is 23.8 Å². The standard InChI is InChI=1S/C12H19NO2/c1-12(2,13-3)8-9-5-6-10(14)7-11(9)15-4/h5-7,13-14H,8H2,1-4H3. The van der Waals surface area contributed by atoms with Gasteiger partial charge in [0.15, 0.2) is 0 Å². The fraction of sp³-hybridized carbons (Fsp3) is 0.500. The molecule has 0 atom stereocenters. The van der Waals surface area contributed by atoms with Gasteiger partial charge in [-0.25, -0.2) is 0 Å². The number of methoxy groups -OCH3 is 1. The zero-order chi connectivity index (χ0) is 11.5. The number of benzene rings is 1. The monoisotopic (exact) mass is 209 g/mol. The summed E-state index contributed by atoms with van der Waals surface area (Å²) in [5, 5.41) is 12.6. The Morgan fingerprint density at radius 2 is 2.07 bits per heavy atom. The summed E-state index contributed by atoms with van der Waals surface area (Å²) in [4.78, 5) is 0. The molecule has 1 aromatic carbocycles. The zero-order valence-electron chi connectivity index (χ0n) is 9.79. The van der Waals surface area contributed by atoms with Crippen LogP contribution in [0.5, 0.6) is 11.5 Å². The van der Waals surface area contributed by atoms with Crippen molar-refractivity contribution in [2.75, 3.05) is 14.2 Å². The number of rotatable bonds is 4. The summed E-state index contributed by atoms with van der Waals surface area (Å²) in [5.74, 6) is 0.969. The molecule has 0 radical (unpaired) electrons. The molecule has 0 aliphatic rings. The van der Waals surface area contributed by atoms with E-state index in [4.69, 9.17) is 4.74 Å². The maximum Gasteiger partial charge on any atom is 0.125 e. The van der Waals surface area contributed by atoms with Crippen LogP contribution in [0.2, 0.25) is 0 Å². The van der Waals surface area contributed by atoms with Crippen LogP contribution in [0.25, 0.3) is 0 Å². The van der Waals surface area contributed by atoms with Gasteiger partial charge in [-0.15, -0.1) is 0 Å². The molecule has 0 unspecified atom stereocenters. The van der Waals surface area contributed by atoms with Gasteiger partial charge in [0, 0.05) is 11.6 Å². The van der Waals surface area contributed by atoms with E-state index < -0.39 is 0 Å². The summed E-state index contributed by atoms with van der Waals surface area (Å²) in [6.45, 7) is 4.25. The third-order valence-corrected chi connectivity index (χ3v) is 2.58. The van der Waals surface area contributed by atoms with Crippen molar-refractivity contribution in [2.45, 2.75) is 25.8 Å². The zero-order valence-corrected chi connectivity index (χ0v) is 9.79. The van der Waals surface area contributed by atoms with Crippen LogP contribution in [0, 0.1) is 0 Å². The predicted molar refractivity (Wildman–Crippen MR) is 61.5 cm³/mol. The Hall–Kier alpha value is -1.22. The molecule has 1 rings (SSSR count). The van der Waals surface area contributed by atoms with Gasteiger partial charge >= 0.3 is 0 Å². The minimum atomic E-state index is 0.0181. The number of hydrogen-bond donors (Lipinski definition) is 2. The maximum absolute atomic E-state index is 9.33. The molecule has 0 saturated heterocycles. The first-order valence-corrected chi connectivity index (χ1v) is 5.03. The van der Waals surface area contributed by atoms with Crippen molar-refractivity contribution < 1.29 is 9.84 Å². The number of likely N-dealkylation sites (N-methyl/N-ethyl adjacent to an activating group) is 1. The third kappa shape index (κ3) is 3.13. The van der Waals surface area contributed by atoms with Crippen LogP contribution in [0.15, 0.2) is 18.2 Å². The number of aromatic hydroxyl groups is 1. The quantitative estimate of drug-likeness (QED) is 0.796.